The van der Waals surface area contributed by atoms with Gasteiger partial charge in [-0.3, -0.25) is 19.8 Å². The summed E-state index contributed by atoms with van der Waals surface area (Å²) in [6.07, 6.45) is 3.04. The molecule has 0 bridgehead atoms. The summed E-state index contributed by atoms with van der Waals surface area (Å²) in [6.45, 7) is 4.21. The molecule has 2 aromatic carbocycles. The Balaban J connectivity index is 1.82. The van der Waals surface area contributed by atoms with Crippen LogP contribution in [0.1, 0.15) is 11.1 Å². The van der Waals surface area contributed by atoms with Gasteiger partial charge in [0.05, 0.1) is 7.11 Å². The van der Waals surface area contributed by atoms with Gasteiger partial charge in [-0.05, 0) is 76.3 Å². The molecule has 0 spiro atoms. The van der Waals surface area contributed by atoms with Gasteiger partial charge in [0.2, 0.25) is 0 Å². The van der Waals surface area contributed by atoms with Crippen molar-refractivity contribution in [1.82, 2.24) is 10.2 Å². The first kappa shape index (κ1) is 22.0. The van der Waals surface area contributed by atoms with Gasteiger partial charge < -0.3 is 9.47 Å². The number of halogens is 1. The standard InChI is InChI=1S/C22H19IN2O4S/c1-3-10-25-21(27)17(20(26)24-22(25)30)11-15-6-9-18(19(12-15)28-2)29-13-14-4-7-16(23)8-5-14/h3-9,11-12H,1,10,13H2,2H3,(H,24,26,30)/b17-11+. The van der Waals surface area contributed by atoms with Gasteiger partial charge in [0.15, 0.2) is 16.6 Å². The van der Waals surface area contributed by atoms with Crippen LogP contribution in [0.4, 0.5) is 0 Å². The number of hydrogen-bond acceptors (Lipinski definition) is 5. The van der Waals surface area contributed by atoms with Gasteiger partial charge in [0, 0.05) is 10.1 Å². The second kappa shape index (κ2) is 9.86. The highest BCUT2D eigenvalue weighted by Gasteiger charge is 2.32. The van der Waals surface area contributed by atoms with Crippen LogP contribution in [0.15, 0.2) is 60.7 Å². The number of rotatable bonds is 7. The maximum Gasteiger partial charge on any atom is 0.265 e. The van der Waals surface area contributed by atoms with E-state index in [-0.39, 0.29) is 17.2 Å². The summed E-state index contributed by atoms with van der Waals surface area (Å²) < 4.78 is 12.5. The molecule has 2 aromatic rings. The molecule has 3 rings (SSSR count). The Hall–Kier alpha value is -2.72. The third kappa shape index (κ3) is 5.06. The van der Waals surface area contributed by atoms with E-state index in [4.69, 9.17) is 21.7 Å². The molecule has 8 heteroatoms. The second-order valence-electron chi connectivity index (χ2n) is 6.35. The van der Waals surface area contributed by atoms with E-state index in [1.807, 2.05) is 24.3 Å². The highest BCUT2D eigenvalue weighted by atomic mass is 127. The number of ether oxygens (including phenoxy) is 2. The first-order valence-electron chi connectivity index (χ1n) is 8.98. The molecule has 0 unspecified atom stereocenters. The molecule has 6 nitrogen and oxygen atoms in total. The minimum atomic E-state index is -0.539. The van der Waals surface area contributed by atoms with E-state index in [0.29, 0.717) is 23.7 Å². The number of nitrogens with one attached hydrogen (secondary N) is 1. The maximum atomic E-state index is 12.7. The van der Waals surface area contributed by atoms with Crippen molar-refractivity contribution in [3.63, 3.8) is 0 Å². The number of carbonyl (C=O) groups is 2. The van der Waals surface area contributed by atoms with Gasteiger partial charge in [-0.1, -0.05) is 24.3 Å². The fraction of sp³-hybridized carbons (Fsp3) is 0.136. The van der Waals surface area contributed by atoms with Crippen molar-refractivity contribution < 1.29 is 19.1 Å². The molecule has 0 radical (unpaired) electrons. The third-order valence-electron chi connectivity index (χ3n) is 4.30. The number of nitrogens with zero attached hydrogens (tertiary/aromatic N) is 1. The van der Waals surface area contributed by atoms with Crippen LogP contribution in [-0.4, -0.2) is 35.5 Å². The molecule has 0 atom stereocenters. The van der Waals surface area contributed by atoms with Crippen molar-refractivity contribution in [2.75, 3.05) is 13.7 Å². The summed E-state index contributed by atoms with van der Waals surface area (Å²) in [5, 5.41) is 2.59. The molecule has 1 N–H and O–H groups in total. The molecular weight excluding hydrogens is 515 g/mol. The van der Waals surface area contributed by atoms with Crippen LogP contribution in [0.2, 0.25) is 0 Å². The van der Waals surface area contributed by atoms with E-state index >= 15 is 0 Å². The van der Waals surface area contributed by atoms with Gasteiger partial charge in [0.25, 0.3) is 11.8 Å². The van der Waals surface area contributed by atoms with Crippen molar-refractivity contribution in [2.24, 2.45) is 0 Å². The normalized spacial score (nSPS) is 15.2. The van der Waals surface area contributed by atoms with Gasteiger partial charge >= 0.3 is 0 Å². The quantitative estimate of drug-likeness (QED) is 0.193. The van der Waals surface area contributed by atoms with E-state index in [9.17, 15) is 9.59 Å². The lowest BCUT2D eigenvalue weighted by Gasteiger charge is -2.27. The monoisotopic (exact) mass is 534 g/mol. The Bertz CT molecular complexity index is 1030. The van der Waals surface area contributed by atoms with E-state index in [1.54, 1.807) is 24.3 Å². The number of amides is 2. The van der Waals surface area contributed by atoms with E-state index in [1.165, 1.54) is 18.1 Å². The zero-order valence-corrected chi connectivity index (χ0v) is 19.2. The topological polar surface area (TPSA) is 67.9 Å². The highest BCUT2D eigenvalue weighted by molar-refractivity contribution is 14.1. The number of carbonyl (C=O) groups excluding carboxylic acids is 2. The first-order valence-corrected chi connectivity index (χ1v) is 10.5. The van der Waals surface area contributed by atoms with E-state index in [0.717, 1.165) is 9.13 Å². The summed E-state index contributed by atoms with van der Waals surface area (Å²) >= 11 is 7.31. The lowest BCUT2D eigenvalue weighted by Crippen LogP contribution is -2.53. The van der Waals surface area contributed by atoms with E-state index in [2.05, 4.69) is 34.5 Å². The Morgan fingerprint density at radius 1 is 1.17 bits per heavy atom. The van der Waals surface area contributed by atoms with Gasteiger partial charge in [-0.2, -0.15) is 0 Å². The number of methoxy groups -OCH3 is 1. The lowest BCUT2D eigenvalue weighted by atomic mass is 10.1. The maximum absolute atomic E-state index is 12.7. The van der Waals surface area contributed by atoms with Crippen molar-refractivity contribution in [2.45, 2.75) is 6.61 Å². The molecule has 0 aromatic heterocycles. The van der Waals surface area contributed by atoms with Crippen LogP contribution >= 0.6 is 34.8 Å². The van der Waals surface area contributed by atoms with Gasteiger partial charge in [-0.25, -0.2) is 0 Å². The van der Waals surface area contributed by atoms with Crippen LogP contribution in [0.5, 0.6) is 11.5 Å². The van der Waals surface area contributed by atoms with Crippen LogP contribution in [0.25, 0.3) is 6.08 Å². The summed E-state index contributed by atoms with van der Waals surface area (Å²) in [4.78, 5) is 26.2. The fourth-order valence-corrected chi connectivity index (χ4v) is 3.40. The molecule has 2 amide bonds. The molecular formula is C22H19IN2O4S. The van der Waals surface area contributed by atoms with Gasteiger partial charge in [-0.15, -0.1) is 6.58 Å². The number of hydrogen-bond donors (Lipinski definition) is 1. The van der Waals surface area contributed by atoms with Crippen molar-refractivity contribution in [1.29, 1.82) is 0 Å². The molecule has 30 heavy (non-hydrogen) atoms. The molecule has 154 valence electrons. The minimum absolute atomic E-state index is 0.0138. The molecule has 1 fully saturated rings. The summed E-state index contributed by atoms with van der Waals surface area (Å²) in [7, 11) is 1.53. The number of thiocarbonyl (C=S) groups is 1. The SMILES string of the molecule is C=CCN1C(=O)/C(=C/c2ccc(OCc3ccc(I)cc3)c(OC)c2)C(=O)NC1=S. The average molecular weight is 534 g/mol. The largest absolute Gasteiger partial charge is 0.493 e. The fourth-order valence-electron chi connectivity index (χ4n) is 2.79. The predicted octanol–water partition coefficient (Wildman–Crippen LogP) is 3.69. The van der Waals surface area contributed by atoms with Crippen LogP contribution < -0.4 is 14.8 Å². The molecule has 1 aliphatic heterocycles. The van der Waals surface area contributed by atoms with Gasteiger partial charge in [0.1, 0.15) is 12.2 Å². The molecule has 1 heterocycles. The Labute approximate surface area is 193 Å². The zero-order chi connectivity index (χ0) is 21.7. The smallest absolute Gasteiger partial charge is 0.265 e. The summed E-state index contributed by atoms with van der Waals surface area (Å²) in [5.41, 5.74) is 1.64. The zero-order valence-electron chi connectivity index (χ0n) is 16.2. The molecule has 0 aliphatic carbocycles. The summed E-state index contributed by atoms with van der Waals surface area (Å²) in [6, 6.07) is 13.2. The summed E-state index contributed by atoms with van der Waals surface area (Å²) in [5.74, 6) is 0.0500. The first-order chi connectivity index (χ1) is 14.4. The Kier molecular flexibility index (Phi) is 7.22. The van der Waals surface area contributed by atoms with Crippen LogP contribution in [-0.2, 0) is 16.2 Å². The van der Waals surface area contributed by atoms with Crippen LogP contribution in [0.3, 0.4) is 0 Å². The number of benzene rings is 2. The van der Waals surface area contributed by atoms with Crippen molar-refractivity contribution in [3.8, 4) is 11.5 Å². The van der Waals surface area contributed by atoms with Crippen LogP contribution in [0, 0.1) is 3.57 Å². The molecule has 1 saturated heterocycles. The minimum Gasteiger partial charge on any atom is -0.493 e. The lowest BCUT2D eigenvalue weighted by molar-refractivity contribution is -0.128. The van der Waals surface area contributed by atoms with E-state index < -0.39 is 11.8 Å². The van der Waals surface area contributed by atoms with Crippen molar-refractivity contribution >= 4 is 57.8 Å². The Morgan fingerprint density at radius 2 is 1.90 bits per heavy atom. The molecule has 0 saturated carbocycles. The third-order valence-corrected chi connectivity index (χ3v) is 5.35. The molecule has 1 aliphatic rings. The Morgan fingerprint density at radius 3 is 2.57 bits per heavy atom. The van der Waals surface area contributed by atoms with Crippen molar-refractivity contribution in [3.05, 3.63) is 75.4 Å². The predicted molar refractivity (Wildman–Crippen MR) is 127 cm³/mol. The highest BCUT2D eigenvalue weighted by Crippen LogP contribution is 2.30. The average Bonchev–Trinajstić information content (AvgIpc) is 2.74. The second-order valence-corrected chi connectivity index (χ2v) is 7.98.